The molecule has 2 aromatic heterocycles. The Balaban J connectivity index is 1.47. The molecule has 0 unspecified atom stereocenters. The quantitative estimate of drug-likeness (QED) is 0.205. The van der Waals surface area contributed by atoms with Gasteiger partial charge < -0.3 is 9.64 Å². The van der Waals surface area contributed by atoms with Gasteiger partial charge in [0, 0.05) is 13.1 Å². The monoisotopic (exact) mass is 429 g/mol. The standard InChI is InChI=1S/C18H12F5N3O2S/c19-10-11(20)13(22)15(14(23)12(10)21)28-18(27)8-1-4-26(5-2-8)17-16-9(3-6-29-16)24-7-25-17/h3,6-8H,1-2,4-5H2. The van der Waals surface area contributed by atoms with Crippen molar-refractivity contribution in [1.82, 2.24) is 9.97 Å². The molecule has 1 saturated heterocycles. The van der Waals surface area contributed by atoms with Crippen LogP contribution in [0.15, 0.2) is 17.8 Å². The summed E-state index contributed by atoms with van der Waals surface area (Å²) in [6.45, 7) is 0.807. The van der Waals surface area contributed by atoms with Crippen molar-refractivity contribution in [2.45, 2.75) is 12.8 Å². The van der Waals surface area contributed by atoms with Crippen molar-refractivity contribution in [1.29, 1.82) is 0 Å². The van der Waals surface area contributed by atoms with E-state index in [1.165, 1.54) is 17.7 Å². The molecule has 152 valence electrons. The van der Waals surface area contributed by atoms with Crippen molar-refractivity contribution < 1.29 is 31.5 Å². The third-order valence-corrected chi connectivity index (χ3v) is 5.62. The number of anilines is 1. The van der Waals surface area contributed by atoms with Gasteiger partial charge in [-0.1, -0.05) is 0 Å². The zero-order valence-electron chi connectivity index (χ0n) is 14.6. The first-order valence-electron chi connectivity index (χ1n) is 8.54. The predicted octanol–water partition coefficient (Wildman–Crippen LogP) is 4.21. The summed E-state index contributed by atoms with van der Waals surface area (Å²) in [5.41, 5.74) is 0.799. The topological polar surface area (TPSA) is 55.3 Å². The van der Waals surface area contributed by atoms with E-state index in [1.54, 1.807) is 0 Å². The molecular formula is C18H12F5N3O2S. The van der Waals surface area contributed by atoms with Crippen molar-refractivity contribution >= 4 is 33.3 Å². The molecule has 29 heavy (non-hydrogen) atoms. The predicted molar refractivity (Wildman–Crippen MR) is 94.2 cm³/mol. The number of ether oxygens (including phenoxy) is 1. The number of nitrogens with zero attached hydrogens (tertiary/aromatic N) is 3. The molecule has 5 nitrogen and oxygen atoms in total. The van der Waals surface area contributed by atoms with Crippen LogP contribution in [0.25, 0.3) is 10.2 Å². The highest BCUT2D eigenvalue weighted by molar-refractivity contribution is 7.17. The second-order valence-electron chi connectivity index (χ2n) is 6.41. The molecule has 3 aromatic rings. The van der Waals surface area contributed by atoms with Crippen LogP contribution in [0.4, 0.5) is 27.8 Å². The molecule has 11 heteroatoms. The normalized spacial score (nSPS) is 15.1. The number of rotatable bonds is 3. The van der Waals surface area contributed by atoms with Gasteiger partial charge in [0.15, 0.2) is 0 Å². The largest absolute Gasteiger partial charge is 0.420 e. The molecule has 0 radical (unpaired) electrons. The minimum atomic E-state index is -2.31. The van der Waals surface area contributed by atoms with E-state index < -0.39 is 46.7 Å². The number of aromatic nitrogens is 2. The Morgan fingerprint density at radius 1 is 1.00 bits per heavy atom. The number of halogens is 5. The summed E-state index contributed by atoms with van der Waals surface area (Å²) in [7, 11) is 0. The molecule has 3 heterocycles. The van der Waals surface area contributed by atoms with E-state index in [4.69, 9.17) is 0 Å². The van der Waals surface area contributed by atoms with Crippen LogP contribution in [0.1, 0.15) is 12.8 Å². The fraction of sp³-hybridized carbons (Fsp3) is 0.278. The van der Waals surface area contributed by atoms with Gasteiger partial charge in [0.2, 0.25) is 34.8 Å². The summed E-state index contributed by atoms with van der Waals surface area (Å²) in [5.74, 6) is -13.6. The molecule has 0 aliphatic carbocycles. The Kier molecular flexibility index (Phi) is 5.07. The summed E-state index contributed by atoms with van der Waals surface area (Å²) in [6, 6.07) is 1.86. The number of piperidine rings is 1. The zero-order valence-corrected chi connectivity index (χ0v) is 15.4. The number of hydrogen-bond acceptors (Lipinski definition) is 6. The summed E-state index contributed by atoms with van der Waals surface area (Å²) in [5, 5.41) is 1.89. The van der Waals surface area contributed by atoms with E-state index in [0.717, 1.165) is 16.0 Å². The van der Waals surface area contributed by atoms with Crippen LogP contribution < -0.4 is 9.64 Å². The summed E-state index contributed by atoms with van der Waals surface area (Å²) in [6.07, 6.45) is 1.98. The van der Waals surface area contributed by atoms with Crippen LogP contribution in [-0.4, -0.2) is 29.0 Å². The third kappa shape index (κ3) is 3.39. The summed E-state index contributed by atoms with van der Waals surface area (Å²) >= 11 is 1.48. The fourth-order valence-corrected chi connectivity index (χ4v) is 4.05. The first-order chi connectivity index (χ1) is 13.9. The molecule has 1 aromatic carbocycles. The van der Waals surface area contributed by atoms with Crippen LogP contribution >= 0.6 is 11.3 Å². The maximum atomic E-state index is 13.7. The first kappa shape index (κ1) is 19.5. The van der Waals surface area contributed by atoms with Gasteiger partial charge in [-0.3, -0.25) is 4.79 Å². The number of carbonyl (C=O) groups excluding carboxylic acids is 1. The second kappa shape index (κ2) is 7.54. The van der Waals surface area contributed by atoms with Crippen molar-refractivity contribution in [3.05, 3.63) is 46.9 Å². The molecule has 0 saturated carbocycles. The van der Waals surface area contributed by atoms with Crippen LogP contribution in [-0.2, 0) is 4.79 Å². The molecular weight excluding hydrogens is 417 g/mol. The highest BCUT2D eigenvalue weighted by atomic mass is 32.1. The maximum absolute atomic E-state index is 13.7. The number of esters is 1. The number of fused-ring (bicyclic) bond motifs is 1. The highest BCUT2D eigenvalue weighted by Gasteiger charge is 2.32. The van der Waals surface area contributed by atoms with Crippen LogP contribution in [0.5, 0.6) is 5.75 Å². The van der Waals surface area contributed by atoms with E-state index in [0.29, 0.717) is 13.1 Å². The fourth-order valence-electron chi connectivity index (χ4n) is 3.19. The molecule has 0 amide bonds. The Labute approximate surface area is 164 Å². The van der Waals surface area contributed by atoms with Crippen molar-refractivity contribution in [3.8, 4) is 5.75 Å². The summed E-state index contributed by atoms with van der Waals surface area (Å²) in [4.78, 5) is 22.6. The Bertz CT molecular complexity index is 1070. The summed E-state index contributed by atoms with van der Waals surface area (Å²) < 4.78 is 72.5. The van der Waals surface area contributed by atoms with E-state index in [2.05, 4.69) is 14.7 Å². The smallest absolute Gasteiger partial charge is 0.314 e. The number of thiophene rings is 1. The molecule has 0 spiro atoms. The van der Waals surface area contributed by atoms with Gasteiger partial charge in [-0.25, -0.2) is 23.1 Å². The van der Waals surface area contributed by atoms with Gasteiger partial charge in [0.25, 0.3) is 0 Å². The molecule has 0 atom stereocenters. The number of carbonyl (C=O) groups is 1. The van der Waals surface area contributed by atoms with Gasteiger partial charge in [-0.2, -0.15) is 8.78 Å². The molecule has 1 aliphatic heterocycles. The van der Waals surface area contributed by atoms with Gasteiger partial charge in [0.05, 0.1) is 16.1 Å². The SMILES string of the molecule is O=C(Oc1c(F)c(F)c(F)c(F)c1F)C1CCN(c2ncnc3ccsc23)CC1. The lowest BCUT2D eigenvalue weighted by Crippen LogP contribution is -2.38. The molecule has 0 bridgehead atoms. The molecule has 0 N–H and O–H groups in total. The molecule has 1 aliphatic rings. The lowest BCUT2D eigenvalue weighted by Gasteiger charge is -2.31. The Morgan fingerprint density at radius 2 is 1.62 bits per heavy atom. The Hall–Kier alpha value is -2.82. The maximum Gasteiger partial charge on any atom is 0.314 e. The van der Waals surface area contributed by atoms with Gasteiger partial charge in [-0.05, 0) is 24.3 Å². The lowest BCUT2D eigenvalue weighted by atomic mass is 9.97. The molecule has 4 rings (SSSR count). The Morgan fingerprint density at radius 3 is 2.28 bits per heavy atom. The van der Waals surface area contributed by atoms with Crippen molar-refractivity contribution in [2.75, 3.05) is 18.0 Å². The zero-order chi connectivity index (χ0) is 20.7. The average Bonchev–Trinajstić information content (AvgIpc) is 3.23. The van der Waals surface area contributed by atoms with Crippen molar-refractivity contribution in [3.63, 3.8) is 0 Å². The van der Waals surface area contributed by atoms with Crippen LogP contribution in [0.3, 0.4) is 0 Å². The number of hydrogen-bond donors (Lipinski definition) is 0. The van der Waals surface area contributed by atoms with Crippen LogP contribution in [0, 0.1) is 35.0 Å². The number of benzene rings is 1. The van der Waals surface area contributed by atoms with E-state index in [1.807, 2.05) is 16.3 Å². The van der Waals surface area contributed by atoms with E-state index >= 15 is 0 Å². The van der Waals surface area contributed by atoms with Gasteiger partial charge in [-0.15, -0.1) is 11.3 Å². The van der Waals surface area contributed by atoms with E-state index in [9.17, 15) is 26.7 Å². The van der Waals surface area contributed by atoms with Crippen molar-refractivity contribution in [2.24, 2.45) is 5.92 Å². The average molecular weight is 429 g/mol. The lowest BCUT2D eigenvalue weighted by molar-refractivity contribution is -0.140. The molecule has 1 fully saturated rings. The van der Waals surface area contributed by atoms with Gasteiger partial charge >= 0.3 is 5.97 Å². The third-order valence-electron chi connectivity index (χ3n) is 4.72. The van der Waals surface area contributed by atoms with Gasteiger partial charge in [0.1, 0.15) is 12.1 Å². The first-order valence-corrected chi connectivity index (χ1v) is 9.42. The highest BCUT2D eigenvalue weighted by Crippen LogP contribution is 2.33. The second-order valence-corrected chi connectivity index (χ2v) is 7.33. The van der Waals surface area contributed by atoms with Crippen LogP contribution in [0.2, 0.25) is 0 Å². The minimum absolute atomic E-state index is 0.269. The van der Waals surface area contributed by atoms with E-state index in [-0.39, 0.29) is 12.8 Å². The minimum Gasteiger partial charge on any atom is -0.420 e.